The Morgan fingerprint density at radius 2 is 1.80 bits per heavy atom. The highest BCUT2D eigenvalue weighted by molar-refractivity contribution is 7.89. The summed E-state index contributed by atoms with van der Waals surface area (Å²) in [6, 6.07) is 22.6. The molecule has 1 aromatic heterocycles. The van der Waals surface area contributed by atoms with Crippen molar-refractivity contribution in [1.82, 2.24) is 19.1 Å². The lowest BCUT2D eigenvalue weighted by molar-refractivity contribution is 0.0695. The molecule has 4 aromatic rings. The molecular formula is C32H35N7O4S. The molecule has 0 amide bonds. The monoisotopic (exact) mass is 613 g/mol. The number of para-hydroxylation sites is 1. The zero-order valence-electron chi connectivity index (χ0n) is 24.5. The summed E-state index contributed by atoms with van der Waals surface area (Å²) in [5, 5.41) is 15.8. The van der Waals surface area contributed by atoms with E-state index < -0.39 is 16.0 Å². The van der Waals surface area contributed by atoms with Gasteiger partial charge in [-0.25, -0.2) is 23.7 Å². The second kappa shape index (κ2) is 11.5. The van der Waals surface area contributed by atoms with Gasteiger partial charge in [0, 0.05) is 57.5 Å². The maximum absolute atomic E-state index is 13.6. The molecule has 2 heterocycles. The number of anilines is 1. The zero-order chi connectivity index (χ0) is 31.2. The molecule has 228 valence electrons. The average Bonchev–Trinajstić information content (AvgIpc) is 3.69. The number of benzene rings is 3. The van der Waals surface area contributed by atoms with Crippen LogP contribution in [-0.4, -0.2) is 65.8 Å². The van der Waals surface area contributed by atoms with Gasteiger partial charge in [-0.05, 0) is 53.4 Å². The molecule has 0 radical (unpaired) electrons. The van der Waals surface area contributed by atoms with Crippen LogP contribution in [0, 0.1) is 5.92 Å². The first-order chi connectivity index (χ1) is 21.0. The lowest BCUT2D eigenvalue weighted by Crippen LogP contribution is -2.33. The highest BCUT2D eigenvalue weighted by atomic mass is 32.2. The average molecular weight is 614 g/mol. The molecule has 2 atom stereocenters. The van der Waals surface area contributed by atoms with Crippen molar-refractivity contribution in [3.05, 3.63) is 108 Å². The molecule has 0 spiro atoms. The Kier molecular flexibility index (Phi) is 7.66. The number of hydrogen-bond donors (Lipinski definition) is 3. The maximum atomic E-state index is 13.6. The van der Waals surface area contributed by atoms with Gasteiger partial charge >= 0.3 is 5.97 Å². The van der Waals surface area contributed by atoms with E-state index in [1.807, 2.05) is 72.6 Å². The largest absolute Gasteiger partial charge is 0.478 e. The van der Waals surface area contributed by atoms with Crippen LogP contribution in [0.4, 0.5) is 5.69 Å². The van der Waals surface area contributed by atoms with Gasteiger partial charge in [-0.2, -0.15) is 9.40 Å². The topological polar surface area (TPSA) is 151 Å². The number of hydrazine groups is 1. The number of carboxylic acid groups (broad SMARTS) is 1. The number of likely N-dealkylation sites (N-methyl/N-ethyl adjacent to an activating group) is 1. The Morgan fingerprint density at radius 1 is 1.07 bits per heavy atom. The number of carboxylic acids is 1. The maximum Gasteiger partial charge on any atom is 0.339 e. The van der Waals surface area contributed by atoms with Crippen LogP contribution in [0.1, 0.15) is 34.0 Å². The number of aromatic nitrogens is 2. The third-order valence-electron chi connectivity index (χ3n) is 8.25. The number of hydrogen-bond acceptors (Lipinski definition) is 8. The van der Waals surface area contributed by atoms with Crippen molar-refractivity contribution in [2.24, 2.45) is 17.5 Å². The summed E-state index contributed by atoms with van der Waals surface area (Å²) in [5.74, 6) is 4.55. The van der Waals surface area contributed by atoms with Crippen molar-refractivity contribution in [2.45, 2.75) is 23.8 Å². The molecule has 0 bridgehead atoms. The smallest absolute Gasteiger partial charge is 0.339 e. The van der Waals surface area contributed by atoms with Crippen LogP contribution in [0.5, 0.6) is 0 Å². The van der Waals surface area contributed by atoms with E-state index in [9.17, 15) is 18.3 Å². The molecule has 11 nitrogen and oxygen atoms in total. The lowest BCUT2D eigenvalue weighted by Gasteiger charge is -2.20. The van der Waals surface area contributed by atoms with Crippen LogP contribution < -0.4 is 16.5 Å². The fourth-order valence-electron chi connectivity index (χ4n) is 5.95. The molecule has 1 saturated carbocycles. The lowest BCUT2D eigenvalue weighted by atomic mass is 10.0. The number of nitrogens with two attached hydrogens (primary N) is 2. The van der Waals surface area contributed by atoms with Crippen LogP contribution in [0.15, 0.2) is 95.8 Å². The summed E-state index contributed by atoms with van der Waals surface area (Å²) in [6.07, 6.45) is 3.73. The second-order valence-corrected chi connectivity index (χ2v) is 13.3. The third kappa shape index (κ3) is 5.54. The van der Waals surface area contributed by atoms with Crippen molar-refractivity contribution < 1.29 is 18.3 Å². The Labute approximate surface area is 256 Å². The molecule has 1 aliphatic heterocycles. The van der Waals surface area contributed by atoms with Crippen LogP contribution in [0.2, 0.25) is 0 Å². The van der Waals surface area contributed by atoms with E-state index in [1.165, 1.54) is 15.5 Å². The van der Waals surface area contributed by atoms with Gasteiger partial charge in [0.25, 0.3) is 0 Å². The number of nitrogens with zero attached hydrogens (tertiary/aromatic N) is 5. The summed E-state index contributed by atoms with van der Waals surface area (Å²) in [5.41, 5.74) is 11.7. The highest BCUT2D eigenvalue weighted by Gasteiger charge is 2.45. The van der Waals surface area contributed by atoms with E-state index in [-0.39, 0.29) is 23.9 Å². The van der Waals surface area contributed by atoms with Gasteiger partial charge in [0.1, 0.15) is 10.5 Å². The Hall–Kier alpha value is -4.65. The molecule has 1 aliphatic carbocycles. The quantitative estimate of drug-likeness (QED) is 0.200. The van der Waals surface area contributed by atoms with E-state index in [2.05, 4.69) is 5.10 Å². The molecule has 6 rings (SSSR count). The van der Waals surface area contributed by atoms with Crippen molar-refractivity contribution in [3.63, 3.8) is 0 Å². The van der Waals surface area contributed by atoms with Gasteiger partial charge in [0.05, 0.1) is 23.3 Å². The fourth-order valence-corrected chi connectivity index (χ4v) is 7.61. The van der Waals surface area contributed by atoms with Gasteiger partial charge < -0.3 is 20.7 Å². The summed E-state index contributed by atoms with van der Waals surface area (Å²) < 4.78 is 30.4. The number of rotatable bonds is 8. The van der Waals surface area contributed by atoms with E-state index in [1.54, 1.807) is 30.1 Å². The van der Waals surface area contributed by atoms with E-state index in [0.29, 0.717) is 47.2 Å². The van der Waals surface area contributed by atoms with E-state index in [4.69, 9.17) is 11.6 Å². The SMILES string of the molecule is CN(N)/C=C(\N)C1C[C@H]1c1c(C(=O)O)cnn1-c1cccc(-c2cccc(CN3CCN(C)c4ccccc4S3(=O)=O)c2)c1. The van der Waals surface area contributed by atoms with Crippen molar-refractivity contribution in [1.29, 1.82) is 0 Å². The van der Waals surface area contributed by atoms with Crippen molar-refractivity contribution in [3.8, 4) is 16.8 Å². The van der Waals surface area contributed by atoms with Gasteiger partial charge in [-0.3, -0.25) is 0 Å². The van der Waals surface area contributed by atoms with Crippen LogP contribution in [-0.2, 0) is 16.6 Å². The first-order valence-electron chi connectivity index (χ1n) is 14.3. The van der Waals surface area contributed by atoms with E-state index in [0.717, 1.165) is 16.7 Å². The Morgan fingerprint density at radius 3 is 2.55 bits per heavy atom. The number of allylic oxidation sites excluding steroid dienone is 1. The molecule has 1 fully saturated rings. The number of fused-ring (bicyclic) bond motifs is 1. The molecular weight excluding hydrogens is 578 g/mol. The normalized spacial score (nSPS) is 19.7. The molecule has 0 saturated heterocycles. The van der Waals surface area contributed by atoms with Gasteiger partial charge in [-0.1, -0.05) is 42.5 Å². The van der Waals surface area contributed by atoms with Gasteiger partial charge in [0.2, 0.25) is 10.0 Å². The minimum Gasteiger partial charge on any atom is -0.478 e. The predicted molar refractivity (Wildman–Crippen MR) is 168 cm³/mol. The van der Waals surface area contributed by atoms with Gasteiger partial charge in [0.15, 0.2) is 0 Å². The third-order valence-corrected chi connectivity index (χ3v) is 10.1. The predicted octanol–water partition coefficient (Wildman–Crippen LogP) is 3.59. The zero-order valence-corrected chi connectivity index (χ0v) is 25.4. The van der Waals surface area contributed by atoms with Crippen LogP contribution >= 0.6 is 0 Å². The molecule has 12 heteroatoms. The summed E-state index contributed by atoms with van der Waals surface area (Å²) in [7, 11) is -0.101. The standard InChI is InChI=1S/C32H35N7O4S/c1-36-13-14-38(44(42,43)30-12-4-3-11-29(30)36)19-21-7-5-8-22(15-21)23-9-6-10-24(16-23)39-31(27(18-35-39)32(40)41)26-17-25(26)28(33)20-37(2)34/h3-12,15-16,18,20,25-26H,13-14,17,19,33-34H2,1-2H3,(H,40,41)/b28-20-/t25?,26-/m1/s1. The van der Waals surface area contributed by atoms with Gasteiger partial charge in [-0.15, -0.1) is 0 Å². The minimum atomic E-state index is -3.69. The minimum absolute atomic E-state index is 0.0311. The molecule has 5 N–H and O–H groups in total. The molecule has 1 unspecified atom stereocenters. The summed E-state index contributed by atoms with van der Waals surface area (Å²) in [6.45, 7) is 1.18. The summed E-state index contributed by atoms with van der Waals surface area (Å²) >= 11 is 0. The number of carbonyl (C=O) groups is 1. The Bertz CT molecular complexity index is 1870. The van der Waals surface area contributed by atoms with Crippen LogP contribution in [0.3, 0.4) is 0 Å². The van der Waals surface area contributed by atoms with Crippen molar-refractivity contribution >= 4 is 21.7 Å². The summed E-state index contributed by atoms with van der Waals surface area (Å²) in [4.78, 5) is 14.4. The first kappa shape index (κ1) is 29.4. The highest BCUT2D eigenvalue weighted by Crippen LogP contribution is 2.52. The number of aromatic carboxylic acids is 1. The van der Waals surface area contributed by atoms with Crippen LogP contribution in [0.25, 0.3) is 16.8 Å². The number of sulfonamides is 1. The fraction of sp³-hybridized carbons (Fsp3) is 0.250. The van der Waals surface area contributed by atoms with E-state index >= 15 is 0 Å². The second-order valence-electron chi connectivity index (χ2n) is 11.4. The van der Waals surface area contributed by atoms with Crippen molar-refractivity contribution in [2.75, 3.05) is 32.1 Å². The molecule has 2 aliphatic rings. The molecule has 3 aromatic carbocycles. The Balaban J connectivity index is 1.30. The first-order valence-corrected chi connectivity index (χ1v) is 15.7. The molecule has 44 heavy (non-hydrogen) atoms.